The summed E-state index contributed by atoms with van der Waals surface area (Å²) in [4.78, 5) is 13.9. The lowest BCUT2D eigenvalue weighted by atomic mass is 10.1. The Balaban J connectivity index is 1.79. The van der Waals surface area contributed by atoms with Crippen LogP contribution >= 0.6 is 0 Å². The van der Waals surface area contributed by atoms with Gasteiger partial charge in [-0.25, -0.2) is 0 Å². The van der Waals surface area contributed by atoms with Gasteiger partial charge in [-0.3, -0.25) is 4.79 Å². The fraction of sp³-hybridized carbons (Fsp3) is 0.333. The van der Waals surface area contributed by atoms with Crippen molar-refractivity contribution in [1.29, 1.82) is 0 Å². The maximum atomic E-state index is 12.2. The number of benzene rings is 1. The van der Waals surface area contributed by atoms with Crippen molar-refractivity contribution in [3.8, 4) is 11.3 Å². The predicted molar refractivity (Wildman–Crippen MR) is 75.2 cm³/mol. The van der Waals surface area contributed by atoms with Crippen molar-refractivity contribution in [3.05, 3.63) is 41.7 Å². The van der Waals surface area contributed by atoms with Crippen molar-refractivity contribution in [1.82, 2.24) is 10.1 Å². The van der Waals surface area contributed by atoms with E-state index < -0.39 is 0 Å². The molecule has 2 N–H and O–H groups in total. The predicted octanol–water partition coefficient (Wildman–Crippen LogP) is 1.82. The zero-order valence-corrected chi connectivity index (χ0v) is 11.4. The van der Waals surface area contributed by atoms with E-state index in [1.54, 1.807) is 11.0 Å². The molecule has 5 heteroatoms. The number of aryl methyl sites for hydroxylation is 1. The number of carbonyl (C=O) groups is 1. The van der Waals surface area contributed by atoms with Crippen molar-refractivity contribution in [2.75, 3.05) is 13.1 Å². The van der Waals surface area contributed by atoms with E-state index in [4.69, 9.17) is 10.3 Å². The molecule has 1 aromatic carbocycles. The monoisotopic (exact) mass is 271 g/mol. The number of carbonyl (C=O) groups excluding carboxylic acids is 1. The lowest BCUT2D eigenvalue weighted by Crippen LogP contribution is -2.31. The van der Waals surface area contributed by atoms with Crippen molar-refractivity contribution in [2.45, 2.75) is 19.4 Å². The van der Waals surface area contributed by atoms with E-state index in [0.717, 1.165) is 12.0 Å². The quantitative estimate of drug-likeness (QED) is 0.904. The first-order chi connectivity index (χ1) is 9.63. The van der Waals surface area contributed by atoms with Crippen LogP contribution in [0.1, 0.15) is 22.5 Å². The van der Waals surface area contributed by atoms with E-state index in [1.165, 1.54) is 5.56 Å². The van der Waals surface area contributed by atoms with Crippen LogP contribution in [-0.4, -0.2) is 35.1 Å². The van der Waals surface area contributed by atoms with Crippen LogP contribution in [0, 0.1) is 6.92 Å². The molecular weight excluding hydrogens is 254 g/mol. The minimum absolute atomic E-state index is 0.0680. The van der Waals surface area contributed by atoms with Gasteiger partial charge in [0.25, 0.3) is 5.91 Å². The third kappa shape index (κ3) is 2.44. The van der Waals surface area contributed by atoms with Gasteiger partial charge < -0.3 is 15.2 Å². The molecule has 0 unspecified atom stereocenters. The van der Waals surface area contributed by atoms with Gasteiger partial charge in [-0.15, -0.1) is 0 Å². The molecule has 0 aliphatic carbocycles. The standard InChI is InChI=1S/C15H17N3O2/c1-10-2-4-11(5-3-10)13-8-14(20-17-13)15(19)18-7-6-12(16)9-18/h2-5,8,12H,6-7,9,16H2,1H3/t12-/m1/s1. The fourth-order valence-electron chi connectivity index (χ4n) is 2.36. The number of aromatic nitrogens is 1. The Hall–Kier alpha value is -2.14. The van der Waals surface area contributed by atoms with Crippen LogP contribution in [0.5, 0.6) is 0 Å². The van der Waals surface area contributed by atoms with Crippen molar-refractivity contribution < 1.29 is 9.32 Å². The van der Waals surface area contributed by atoms with Crippen LogP contribution < -0.4 is 5.73 Å². The van der Waals surface area contributed by atoms with Gasteiger partial charge in [0.05, 0.1) is 0 Å². The summed E-state index contributed by atoms with van der Waals surface area (Å²) in [5.74, 6) is 0.137. The van der Waals surface area contributed by atoms with Gasteiger partial charge >= 0.3 is 0 Å². The molecule has 1 aromatic heterocycles. The first-order valence-electron chi connectivity index (χ1n) is 6.72. The minimum atomic E-state index is -0.135. The van der Waals surface area contributed by atoms with Crippen molar-refractivity contribution >= 4 is 5.91 Å². The van der Waals surface area contributed by atoms with E-state index in [2.05, 4.69) is 5.16 Å². The number of nitrogens with zero attached hydrogens (tertiary/aromatic N) is 2. The number of hydrogen-bond acceptors (Lipinski definition) is 4. The molecule has 2 aromatic rings. The highest BCUT2D eigenvalue weighted by atomic mass is 16.5. The average molecular weight is 271 g/mol. The highest BCUT2D eigenvalue weighted by molar-refractivity contribution is 5.92. The second-order valence-corrected chi connectivity index (χ2v) is 5.24. The summed E-state index contributed by atoms with van der Waals surface area (Å²) in [5, 5.41) is 3.97. The number of amides is 1. The van der Waals surface area contributed by atoms with Crippen molar-refractivity contribution in [3.63, 3.8) is 0 Å². The van der Waals surface area contributed by atoms with Crippen molar-refractivity contribution in [2.24, 2.45) is 5.73 Å². The third-order valence-electron chi connectivity index (χ3n) is 3.58. The Morgan fingerprint density at radius 1 is 1.40 bits per heavy atom. The molecule has 1 atom stereocenters. The highest BCUT2D eigenvalue weighted by Crippen LogP contribution is 2.21. The number of rotatable bonds is 2. The molecule has 1 fully saturated rings. The Morgan fingerprint density at radius 2 is 2.15 bits per heavy atom. The summed E-state index contributed by atoms with van der Waals surface area (Å²) in [6, 6.07) is 9.70. The topological polar surface area (TPSA) is 72.4 Å². The van der Waals surface area contributed by atoms with E-state index in [0.29, 0.717) is 18.8 Å². The van der Waals surface area contributed by atoms with Crippen LogP contribution in [0.3, 0.4) is 0 Å². The minimum Gasteiger partial charge on any atom is -0.350 e. The molecule has 0 saturated carbocycles. The SMILES string of the molecule is Cc1ccc(-c2cc(C(=O)N3CC[C@@H](N)C3)on2)cc1. The normalized spacial score (nSPS) is 18.5. The van der Waals surface area contributed by atoms with Crippen LogP contribution in [0.25, 0.3) is 11.3 Å². The van der Waals surface area contributed by atoms with E-state index in [9.17, 15) is 4.79 Å². The lowest BCUT2D eigenvalue weighted by molar-refractivity contribution is 0.0749. The summed E-state index contributed by atoms with van der Waals surface area (Å²) in [5.41, 5.74) is 8.61. The first kappa shape index (κ1) is 12.9. The maximum absolute atomic E-state index is 12.2. The summed E-state index contributed by atoms with van der Waals surface area (Å²) >= 11 is 0. The molecule has 2 heterocycles. The first-order valence-corrected chi connectivity index (χ1v) is 6.72. The van der Waals surface area contributed by atoms with Gasteiger partial charge in [0, 0.05) is 30.8 Å². The van der Waals surface area contributed by atoms with Crippen LogP contribution in [-0.2, 0) is 0 Å². The summed E-state index contributed by atoms with van der Waals surface area (Å²) in [6.45, 7) is 3.29. The average Bonchev–Trinajstić information content (AvgIpc) is 3.08. The molecule has 5 nitrogen and oxygen atoms in total. The maximum Gasteiger partial charge on any atom is 0.292 e. The number of nitrogens with two attached hydrogens (primary N) is 1. The summed E-state index contributed by atoms with van der Waals surface area (Å²) in [7, 11) is 0. The van der Waals surface area contributed by atoms with Crippen LogP contribution in [0.15, 0.2) is 34.9 Å². The molecule has 1 amide bonds. The molecule has 3 rings (SSSR count). The zero-order valence-electron chi connectivity index (χ0n) is 11.4. The molecule has 0 spiro atoms. The Bertz CT molecular complexity index is 618. The number of likely N-dealkylation sites (tertiary alicyclic amines) is 1. The Kier molecular flexibility index (Phi) is 3.28. The molecule has 0 bridgehead atoms. The molecule has 1 saturated heterocycles. The second kappa shape index (κ2) is 5.09. The van der Waals surface area contributed by atoms with E-state index in [1.807, 2.05) is 31.2 Å². The van der Waals surface area contributed by atoms with Crippen LogP contribution in [0.4, 0.5) is 0 Å². The summed E-state index contributed by atoms with van der Waals surface area (Å²) < 4.78 is 5.18. The number of hydrogen-bond donors (Lipinski definition) is 1. The Labute approximate surface area is 117 Å². The van der Waals surface area contributed by atoms with E-state index >= 15 is 0 Å². The molecule has 0 radical (unpaired) electrons. The van der Waals surface area contributed by atoms with E-state index in [-0.39, 0.29) is 17.7 Å². The van der Waals surface area contributed by atoms with Gasteiger partial charge in [0.2, 0.25) is 5.76 Å². The fourth-order valence-corrected chi connectivity index (χ4v) is 2.36. The zero-order chi connectivity index (χ0) is 14.1. The van der Waals surface area contributed by atoms with Crippen LogP contribution in [0.2, 0.25) is 0 Å². The van der Waals surface area contributed by atoms with Gasteiger partial charge in [-0.1, -0.05) is 35.0 Å². The van der Waals surface area contributed by atoms with Gasteiger partial charge in [0.1, 0.15) is 5.69 Å². The van der Waals surface area contributed by atoms with Gasteiger partial charge in [-0.2, -0.15) is 0 Å². The molecule has 20 heavy (non-hydrogen) atoms. The smallest absolute Gasteiger partial charge is 0.292 e. The molecular formula is C15H17N3O2. The molecule has 104 valence electrons. The molecule has 1 aliphatic heterocycles. The van der Waals surface area contributed by atoms with Gasteiger partial charge in [0.15, 0.2) is 0 Å². The lowest BCUT2D eigenvalue weighted by Gasteiger charge is -2.12. The van der Waals surface area contributed by atoms with Gasteiger partial charge in [-0.05, 0) is 13.3 Å². The highest BCUT2D eigenvalue weighted by Gasteiger charge is 2.27. The summed E-state index contributed by atoms with van der Waals surface area (Å²) in [6.07, 6.45) is 0.838. The molecule has 1 aliphatic rings. The third-order valence-corrected chi connectivity index (χ3v) is 3.58. The Morgan fingerprint density at radius 3 is 2.80 bits per heavy atom. The largest absolute Gasteiger partial charge is 0.350 e. The second-order valence-electron chi connectivity index (χ2n) is 5.24.